The van der Waals surface area contributed by atoms with Crippen LogP contribution in [0.1, 0.15) is 33.1 Å². The van der Waals surface area contributed by atoms with Gasteiger partial charge in [-0.2, -0.15) is 0 Å². The third-order valence-electron chi connectivity index (χ3n) is 4.03. The van der Waals surface area contributed by atoms with Crippen LogP contribution in [0.15, 0.2) is 12.4 Å². The summed E-state index contributed by atoms with van der Waals surface area (Å²) >= 11 is 0. The number of anilines is 2. The van der Waals surface area contributed by atoms with Crippen molar-refractivity contribution in [3.05, 3.63) is 12.4 Å². The van der Waals surface area contributed by atoms with Crippen LogP contribution >= 0.6 is 0 Å². The van der Waals surface area contributed by atoms with Gasteiger partial charge in [0.05, 0.1) is 12.4 Å². The number of nitrogens with two attached hydrogens (primary N) is 1. The predicted molar refractivity (Wildman–Crippen MR) is 69.7 cm³/mol. The summed E-state index contributed by atoms with van der Waals surface area (Å²) in [5.74, 6) is 6.89. The van der Waals surface area contributed by atoms with Crippen LogP contribution in [0.2, 0.25) is 0 Å². The smallest absolute Gasteiger partial charge is 0.160 e. The molecule has 5 nitrogen and oxygen atoms in total. The second-order valence-electron chi connectivity index (χ2n) is 4.79. The number of nitrogens with zero attached hydrogens (tertiary/aromatic N) is 3. The Balaban J connectivity index is 2.14. The van der Waals surface area contributed by atoms with Crippen molar-refractivity contribution >= 4 is 11.6 Å². The van der Waals surface area contributed by atoms with Crippen LogP contribution in [0.25, 0.3) is 0 Å². The highest BCUT2D eigenvalue weighted by atomic mass is 15.3. The molecule has 94 valence electrons. The van der Waals surface area contributed by atoms with Gasteiger partial charge in [0.25, 0.3) is 0 Å². The van der Waals surface area contributed by atoms with Gasteiger partial charge in [-0.15, -0.1) is 0 Å². The van der Waals surface area contributed by atoms with E-state index < -0.39 is 0 Å². The summed E-state index contributed by atoms with van der Waals surface area (Å²) in [6, 6.07) is 0. The van der Waals surface area contributed by atoms with E-state index in [0.717, 1.165) is 18.9 Å². The molecule has 0 radical (unpaired) electrons. The van der Waals surface area contributed by atoms with Crippen LogP contribution in [0, 0.1) is 5.41 Å². The summed E-state index contributed by atoms with van der Waals surface area (Å²) in [5, 5.41) is 0. The third-order valence-corrected chi connectivity index (χ3v) is 4.03. The second-order valence-corrected chi connectivity index (χ2v) is 4.79. The van der Waals surface area contributed by atoms with Gasteiger partial charge in [-0.05, 0) is 24.7 Å². The minimum absolute atomic E-state index is 0.452. The first kappa shape index (κ1) is 12.1. The predicted octanol–water partition coefficient (Wildman–Crippen LogP) is 1.78. The molecule has 17 heavy (non-hydrogen) atoms. The first-order valence-corrected chi connectivity index (χ1v) is 6.26. The lowest BCUT2D eigenvalue weighted by Gasteiger charge is -2.26. The zero-order valence-electron chi connectivity index (χ0n) is 10.6. The number of rotatable bonds is 4. The Kier molecular flexibility index (Phi) is 3.47. The standard InChI is InChI=1S/C12H21N5/c1-3-12(4-2)5-6-17(9-12)11-8-14-7-10(15-11)16-13/h7-8H,3-6,9,13H2,1-2H3,(H,15,16). The van der Waals surface area contributed by atoms with Crippen molar-refractivity contribution < 1.29 is 0 Å². The maximum absolute atomic E-state index is 5.35. The van der Waals surface area contributed by atoms with Crippen molar-refractivity contribution in [2.75, 3.05) is 23.4 Å². The SMILES string of the molecule is CCC1(CC)CCN(c2cncc(NN)n2)C1. The summed E-state index contributed by atoms with van der Waals surface area (Å²) in [6.45, 7) is 6.68. The van der Waals surface area contributed by atoms with E-state index in [9.17, 15) is 0 Å². The molecule has 2 heterocycles. The van der Waals surface area contributed by atoms with Gasteiger partial charge in [-0.25, -0.2) is 10.8 Å². The molecule has 0 atom stereocenters. The zero-order valence-corrected chi connectivity index (χ0v) is 10.6. The van der Waals surface area contributed by atoms with Crippen molar-refractivity contribution in [3.8, 4) is 0 Å². The van der Waals surface area contributed by atoms with E-state index in [-0.39, 0.29) is 0 Å². The molecule has 1 aliphatic heterocycles. The van der Waals surface area contributed by atoms with Crippen molar-refractivity contribution in [1.82, 2.24) is 9.97 Å². The van der Waals surface area contributed by atoms with E-state index in [1.807, 2.05) is 6.20 Å². The van der Waals surface area contributed by atoms with Crippen LogP contribution in [-0.2, 0) is 0 Å². The number of aromatic nitrogens is 2. The molecule has 0 aromatic carbocycles. The Labute approximate surface area is 102 Å². The topological polar surface area (TPSA) is 67.1 Å². The fourth-order valence-electron chi connectivity index (χ4n) is 2.54. The third kappa shape index (κ3) is 2.34. The minimum Gasteiger partial charge on any atom is -0.355 e. The molecular weight excluding hydrogens is 214 g/mol. The molecule has 0 bridgehead atoms. The molecule has 1 saturated heterocycles. The normalized spacial score (nSPS) is 18.4. The fraction of sp³-hybridized carbons (Fsp3) is 0.667. The summed E-state index contributed by atoms with van der Waals surface area (Å²) < 4.78 is 0. The molecular formula is C12H21N5. The summed E-state index contributed by atoms with van der Waals surface area (Å²) in [4.78, 5) is 10.9. The Morgan fingerprint density at radius 2 is 2.18 bits per heavy atom. The molecule has 1 aliphatic rings. The highest BCUT2D eigenvalue weighted by Gasteiger charge is 2.35. The average Bonchev–Trinajstić information content (AvgIpc) is 2.84. The second kappa shape index (κ2) is 4.87. The Morgan fingerprint density at radius 3 is 2.76 bits per heavy atom. The number of hydrogen-bond acceptors (Lipinski definition) is 5. The average molecular weight is 235 g/mol. The van der Waals surface area contributed by atoms with Crippen molar-refractivity contribution in [2.24, 2.45) is 11.3 Å². The molecule has 1 aromatic rings. The lowest BCUT2D eigenvalue weighted by molar-refractivity contribution is 0.301. The van der Waals surface area contributed by atoms with E-state index in [1.54, 1.807) is 6.20 Å². The molecule has 0 aliphatic carbocycles. The highest BCUT2D eigenvalue weighted by Crippen LogP contribution is 2.38. The summed E-state index contributed by atoms with van der Waals surface area (Å²) in [5.41, 5.74) is 2.99. The van der Waals surface area contributed by atoms with Crippen LogP contribution in [0.5, 0.6) is 0 Å². The molecule has 0 unspecified atom stereocenters. The molecule has 0 saturated carbocycles. The number of nitrogens with one attached hydrogen (secondary N) is 1. The maximum atomic E-state index is 5.35. The van der Waals surface area contributed by atoms with Crippen molar-refractivity contribution in [3.63, 3.8) is 0 Å². The largest absolute Gasteiger partial charge is 0.355 e. The van der Waals surface area contributed by atoms with Gasteiger partial charge < -0.3 is 10.3 Å². The highest BCUT2D eigenvalue weighted by molar-refractivity contribution is 5.44. The minimum atomic E-state index is 0.452. The lowest BCUT2D eigenvalue weighted by Crippen LogP contribution is -2.27. The first-order chi connectivity index (χ1) is 8.23. The van der Waals surface area contributed by atoms with Gasteiger partial charge in [0.1, 0.15) is 5.82 Å². The molecule has 0 amide bonds. The zero-order chi connectivity index (χ0) is 12.3. The van der Waals surface area contributed by atoms with Gasteiger partial charge in [0.15, 0.2) is 5.82 Å². The number of hydrazine groups is 1. The van der Waals surface area contributed by atoms with E-state index in [2.05, 4.69) is 34.1 Å². The van der Waals surface area contributed by atoms with E-state index in [4.69, 9.17) is 5.84 Å². The first-order valence-electron chi connectivity index (χ1n) is 6.26. The van der Waals surface area contributed by atoms with Gasteiger partial charge >= 0.3 is 0 Å². The quantitative estimate of drug-likeness (QED) is 0.615. The Hall–Kier alpha value is -1.36. The Morgan fingerprint density at radius 1 is 1.41 bits per heavy atom. The lowest BCUT2D eigenvalue weighted by atomic mass is 9.82. The van der Waals surface area contributed by atoms with Crippen LogP contribution in [0.4, 0.5) is 11.6 Å². The fourth-order valence-corrected chi connectivity index (χ4v) is 2.54. The van der Waals surface area contributed by atoms with Gasteiger partial charge in [-0.1, -0.05) is 13.8 Å². The monoisotopic (exact) mass is 235 g/mol. The van der Waals surface area contributed by atoms with Crippen molar-refractivity contribution in [2.45, 2.75) is 33.1 Å². The van der Waals surface area contributed by atoms with E-state index >= 15 is 0 Å². The molecule has 1 fully saturated rings. The number of hydrogen-bond donors (Lipinski definition) is 2. The van der Waals surface area contributed by atoms with Gasteiger partial charge in [0.2, 0.25) is 0 Å². The van der Waals surface area contributed by atoms with Gasteiger partial charge in [-0.3, -0.25) is 4.98 Å². The molecule has 0 spiro atoms. The van der Waals surface area contributed by atoms with E-state index in [1.165, 1.54) is 19.3 Å². The molecule has 5 heteroatoms. The Bertz CT molecular complexity index is 375. The summed E-state index contributed by atoms with van der Waals surface area (Å²) in [6.07, 6.45) is 7.13. The van der Waals surface area contributed by atoms with Crippen molar-refractivity contribution in [1.29, 1.82) is 0 Å². The molecule has 3 N–H and O–H groups in total. The van der Waals surface area contributed by atoms with Gasteiger partial charge in [0, 0.05) is 13.1 Å². The maximum Gasteiger partial charge on any atom is 0.160 e. The van der Waals surface area contributed by atoms with Crippen LogP contribution in [-0.4, -0.2) is 23.1 Å². The number of nitrogen functional groups attached to an aromatic ring is 1. The van der Waals surface area contributed by atoms with E-state index in [0.29, 0.717) is 11.2 Å². The molecule has 2 rings (SSSR count). The van der Waals surface area contributed by atoms with Crippen LogP contribution < -0.4 is 16.2 Å². The van der Waals surface area contributed by atoms with Crippen LogP contribution in [0.3, 0.4) is 0 Å². The molecule has 1 aromatic heterocycles. The summed E-state index contributed by atoms with van der Waals surface area (Å²) in [7, 11) is 0.